The van der Waals surface area contributed by atoms with Crippen molar-refractivity contribution in [1.29, 1.82) is 0 Å². The number of aromatic amines is 1. The van der Waals surface area contributed by atoms with Crippen LogP contribution in [0.5, 0.6) is 0 Å². The Morgan fingerprint density at radius 2 is 1.96 bits per heavy atom. The number of hydrogen-bond donors (Lipinski definition) is 4. The van der Waals surface area contributed by atoms with Crippen molar-refractivity contribution in [2.45, 2.75) is 18.9 Å². The van der Waals surface area contributed by atoms with Gasteiger partial charge in [0.1, 0.15) is 6.04 Å². The standard InChI is InChI=1S/C19H19N3O5/c23-17(7-8-20-18(24)16-6-3-9-27-16)22-15(19(25)26)10-12-11-21-14-5-2-1-4-13(12)14/h1-6,9,11,15,21H,7-8,10H2,(H,20,24)(H,22,23)(H,25,26)/t15-/m0/s1. The van der Waals surface area contributed by atoms with Gasteiger partial charge in [0.15, 0.2) is 5.76 Å². The number of rotatable bonds is 8. The van der Waals surface area contributed by atoms with Crippen molar-refractivity contribution in [2.24, 2.45) is 0 Å². The van der Waals surface area contributed by atoms with Gasteiger partial charge in [-0.1, -0.05) is 18.2 Å². The molecule has 1 aromatic carbocycles. The van der Waals surface area contributed by atoms with Crippen LogP contribution in [0.1, 0.15) is 22.5 Å². The molecule has 0 saturated carbocycles. The van der Waals surface area contributed by atoms with Crippen LogP contribution in [0.2, 0.25) is 0 Å². The number of amides is 2. The summed E-state index contributed by atoms with van der Waals surface area (Å²) in [5.74, 6) is -1.85. The number of benzene rings is 1. The van der Waals surface area contributed by atoms with E-state index < -0.39 is 23.8 Å². The number of carboxylic acid groups (broad SMARTS) is 1. The highest BCUT2D eigenvalue weighted by Gasteiger charge is 2.22. The summed E-state index contributed by atoms with van der Waals surface area (Å²) in [5.41, 5.74) is 1.72. The maximum Gasteiger partial charge on any atom is 0.326 e. The second kappa shape index (κ2) is 8.22. The third-order valence-electron chi connectivity index (χ3n) is 4.11. The first kappa shape index (κ1) is 18.2. The van der Waals surface area contributed by atoms with Crippen LogP contribution in [-0.2, 0) is 16.0 Å². The molecule has 140 valence electrons. The Hall–Kier alpha value is -3.55. The van der Waals surface area contributed by atoms with Crippen LogP contribution in [0, 0.1) is 0 Å². The van der Waals surface area contributed by atoms with Crippen molar-refractivity contribution >= 4 is 28.7 Å². The van der Waals surface area contributed by atoms with E-state index in [0.29, 0.717) is 0 Å². The van der Waals surface area contributed by atoms with Crippen LogP contribution in [0.25, 0.3) is 10.9 Å². The highest BCUT2D eigenvalue weighted by atomic mass is 16.4. The van der Waals surface area contributed by atoms with Crippen LogP contribution in [0.4, 0.5) is 0 Å². The summed E-state index contributed by atoms with van der Waals surface area (Å²) in [6.07, 6.45) is 3.24. The molecule has 2 heterocycles. The van der Waals surface area contributed by atoms with Gasteiger partial charge in [-0.05, 0) is 23.8 Å². The van der Waals surface area contributed by atoms with Gasteiger partial charge in [-0.15, -0.1) is 0 Å². The summed E-state index contributed by atoms with van der Waals surface area (Å²) in [6.45, 7) is 0.0742. The quantitative estimate of drug-likeness (QED) is 0.481. The summed E-state index contributed by atoms with van der Waals surface area (Å²) in [4.78, 5) is 38.4. The molecule has 8 nitrogen and oxygen atoms in total. The SMILES string of the molecule is O=C(CCNC(=O)c1ccco1)N[C@@H](Cc1c[nH]c2ccccc12)C(=O)O. The van der Waals surface area contributed by atoms with E-state index >= 15 is 0 Å². The fourth-order valence-electron chi connectivity index (χ4n) is 2.77. The molecule has 27 heavy (non-hydrogen) atoms. The first-order valence-corrected chi connectivity index (χ1v) is 8.43. The number of carbonyl (C=O) groups is 3. The van der Waals surface area contributed by atoms with Gasteiger partial charge in [0, 0.05) is 36.5 Å². The number of hydrogen-bond acceptors (Lipinski definition) is 4. The molecule has 2 amide bonds. The maximum absolute atomic E-state index is 12.1. The summed E-state index contributed by atoms with van der Waals surface area (Å²) in [5, 5.41) is 15.4. The molecule has 0 bridgehead atoms. The number of fused-ring (bicyclic) bond motifs is 1. The minimum absolute atomic E-state index is 0.0376. The molecule has 0 aliphatic carbocycles. The summed E-state index contributed by atoms with van der Waals surface area (Å²) in [6, 6.07) is 9.59. The van der Waals surface area contributed by atoms with Gasteiger partial charge in [-0.25, -0.2) is 4.79 Å². The van der Waals surface area contributed by atoms with Gasteiger partial charge in [-0.2, -0.15) is 0 Å². The molecule has 1 atom stereocenters. The molecule has 0 aliphatic heterocycles. The Balaban J connectivity index is 1.53. The molecule has 0 aliphatic rings. The highest BCUT2D eigenvalue weighted by Crippen LogP contribution is 2.19. The van der Waals surface area contributed by atoms with E-state index in [0.717, 1.165) is 16.5 Å². The Morgan fingerprint density at radius 1 is 1.15 bits per heavy atom. The van der Waals surface area contributed by atoms with Crippen LogP contribution in [-0.4, -0.2) is 40.5 Å². The lowest BCUT2D eigenvalue weighted by molar-refractivity contribution is -0.141. The van der Waals surface area contributed by atoms with Gasteiger partial charge in [0.25, 0.3) is 5.91 Å². The van der Waals surface area contributed by atoms with Crippen LogP contribution in [0.3, 0.4) is 0 Å². The predicted octanol–water partition coefficient (Wildman–Crippen LogP) is 1.69. The summed E-state index contributed by atoms with van der Waals surface area (Å²) >= 11 is 0. The van der Waals surface area contributed by atoms with E-state index in [-0.39, 0.29) is 25.1 Å². The monoisotopic (exact) mass is 369 g/mol. The van der Waals surface area contributed by atoms with E-state index in [4.69, 9.17) is 4.42 Å². The number of carboxylic acids is 1. The van der Waals surface area contributed by atoms with Crippen molar-refractivity contribution in [3.8, 4) is 0 Å². The van der Waals surface area contributed by atoms with E-state index in [1.807, 2.05) is 24.3 Å². The number of aromatic nitrogens is 1. The lowest BCUT2D eigenvalue weighted by atomic mass is 10.0. The van der Waals surface area contributed by atoms with E-state index in [2.05, 4.69) is 15.6 Å². The second-order valence-corrected chi connectivity index (χ2v) is 6.01. The molecule has 0 fully saturated rings. The normalized spacial score (nSPS) is 11.9. The summed E-state index contributed by atoms with van der Waals surface area (Å²) < 4.78 is 4.95. The second-order valence-electron chi connectivity index (χ2n) is 6.01. The van der Waals surface area contributed by atoms with Gasteiger partial charge in [-0.3, -0.25) is 9.59 Å². The third-order valence-corrected chi connectivity index (χ3v) is 4.11. The minimum Gasteiger partial charge on any atom is -0.480 e. The van der Waals surface area contributed by atoms with Crippen molar-refractivity contribution in [3.05, 3.63) is 60.2 Å². The predicted molar refractivity (Wildman–Crippen MR) is 97.2 cm³/mol. The van der Waals surface area contributed by atoms with Crippen molar-refractivity contribution in [3.63, 3.8) is 0 Å². The average molecular weight is 369 g/mol. The molecule has 0 radical (unpaired) electrons. The molecule has 3 aromatic rings. The largest absolute Gasteiger partial charge is 0.480 e. The number of aliphatic carboxylic acids is 1. The lowest BCUT2D eigenvalue weighted by Gasteiger charge is -2.14. The Labute approximate surface area is 154 Å². The molecule has 0 spiro atoms. The highest BCUT2D eigenvalue weighted by molar-refractivity contribution is 5.92. The van der Waals surface area contributed by atoms with Gasteiger partial charge in [0.05, 0.1) is 6.26 Å². The Morgan fingerprint density at radius 3 is 2.70 bits per heavy atom. The number of H-pyrrole nitrogens is 1. The number of nitrogens with one attached hydrogen (secondary N) is 3. The summed E-state index contributed by atoms with van der Waals surface area (Å²) in [7, 11) is 0. The molecular weight excluding hydrogens is 350 g/mol. The zero-order valence-corrected chi connectivity index (χ0v) is 14.4. The van der Waals surface area contributed by atoms with Gasteiger partial charge in [0.2, 0.25) is 5.91 Å². The fourth-order valence-corrected chi connectivity index (χ4v) is 2.77. The minimum atomic E-state index is -1.12. The Kier molecular flexibility index (Phi) is 5.55. The topological polar surface area (TPSA) is 124 Å². The zero-order valence-electron chi connectivity index (χ0n) is 14.4. The average Bonchev–Trinajstić information content (AvgIpc) is 3.31. The molecule has 0 saturated heterocycles. The zero-order chi connectivity index (χ0) is 19.2. The maximum atomic E-state index is 12.1. The van der Waals surface area contributed by atoms with Crippen molar-refractivity contribution in [2.75, 3.05) is 6.54 Å². The van der Waals surface area contributed by atoms with Gasteiger partial charge >= 0.3 is 5.97 Å². The Bertz CT molecular complexity index is 945. The molecule has 8 heteroatoms. The molecule has 4 N–H and O–H groups in total. The lowest BCUT2D eigenvalue weighted by Crippen LogP contribution is -2.43. The smallest absolute Gasteiger partial charge is 0.326 e. The molecule has 2 aromatic heterocycles. The van der Waals surface area contributed by atoms with Crippen LogP contribution < -0.4 is 10.6 Å². The molecule has 3 rings (SSSR count). The number of carbonyl (C=O) groups excluding carboxylic acids is 2. The molecule has 0 unspecified atom stereocenters. The first-order valence-electron chi connectivity index (χ1n) is 8.43. The first-order chi connectivity index (χ1) is 13.0. The van der Waals surface area contributed by atoms with Crippen LogP contribution >= 0.6 is 0 Å². The van der Waals surface area contributed by atoms with Crippen molar-refractivity contribution in [1.82, 2.24) is 15.6 Å². The van der Waals surface area contributed by atoms with Crippen molar-refractivity contribution < 1.29 is 23.9 Å². The fraction of sp³-hybridized carbons (Fsp3) is 0.211. The van der Waals surface area contributed by atoms with E-state index in [9.17, 15) is 19.5 Å². The van der Waals surface area contributed by atoms with E-state index in [1.54, 1.807) is 12.3 Å². The van der Waals surface area contributed by atoms with E-state index in [1.165, 1.54) is 12.3 Å². The third kappa shape index (κ3) is 4.55. The molecular formula is C19H19N3O5. The number of furan rings is 1. The van der Waals surface area contributed by atoms with Crippen LogP contribution in [0.15, 0.2) is 53.3 Å². The van der Waals surface area contributed by atoms with Gasteiger partial charge < -0.3 is 25.1 Å². The number of para-hydroxylation sites is 1.